The standard InChI is InChI=1S/C33H22N8/c1-5-13-21-20(8-4)28-37-29(21)35-26-18(6-2)19(7-3)27(34-26)36-30-22-14-9-11-16-24(22)32(39-30)41-33-25-17-12-10-15-23(25)31(38-28)40-33/h1,6-12,14-17H,2-4,13H2,(H2,34,35,36,37,38,39,40,41). The summed E-state index contributed by atoms with van der Waals surface area (Å²) in [5.74, 6) is 4.80. The number of terminal acetylenes is 1. The van der Waals surface area contributed by atoms with Crippen molar-refractivity contribution >= 4 is 40.8 Å². The lowest BCUT2D eigenvalue weighted by atomic mass is 10.1. The molecule has 2 aromatic carbocycles. The zero-order valence-electron chi connectivity index (χ0n) is 21.9. The Morgan fingerprint density at radius 2 is 0.951 bits per heavy atom. The van der Waals surface area contributed by atoms with E-state index in [9.17, 15) is 0 Å². The average molecular weight is 531 g/mol. The average Bonchev–Trinajstić information content (AvgIpc) is 3.71. The summed E-state index contributed by atoms with van der Waals surface area (Å²) in [6.45, 7) is 12.1. The van der Waals surface area contributed by atoms with Crippen LogP contribution >= 0.6 is 0 Å². The van der Waals surface area contributed by atoms with Crippen LogP contribution in [0.2, 0.25) is 0 Å². The Morgan fingerprint density at radius 3 is 1.39 bits per heavy atom. The predicted octanol–water partition coefficient (Wildman–Crippen LogP) is 6.67. The Labute approximate surface area is 235 Å². The van der Waals surface area contributed by atoms with Gasteiger partial charge in [-0.1, -0.05) is 86.5 Å². The molecule has 5 heterocycles. The van der Waals surface area contributed by atoms with Crippen LogP contribution in [-0.4, -0.2) is 39.9 Å². The second-order valence-electron chi connectivity index (χ2n) is 9.41. The van der Waals surface area contributed by atoms with Gasteiger partial charge in [0.05, 0.1) is 0 Å². The molecule has 0 saturated heterocycles. The van der Waals surface area contributed by atoms with E-state index in [0.29, 0.717) is 52.3 Å². The van der Waals surface area contributed by atoms with Gasteiger partial charge in [0.1, 0.15) is 22.6 Å². The molecule has 0 fully saturated rings. The van der Waals surface area contributed by atoms with E-state index in [0.717, 1.165) is 44.5 Å². The molecular weight excluding hydrogens is 508 g/mol. The zero-order chi connectivity index (χ0) is 28.1. The fourth-order valence-electron chi connectivity index (χ4n) is 5.25. The Bertz CT molecular complexity index is 2160. The number of nitrogens with zero attached hydrogens (tertiary/aromatic N) is 6. The van der Waals surface area contributed by atoms with Crippen LogP contribution in [-0.2, 0) is 6.42 Å². The molecule has 194 valence electrons. The smallest absolute Gasteiger partial charge is 0.164 e. The molecule has 7 rings (SSSR count). The van der Waals surface area contributed by atoms with Gasteiger partial charge in [-0.25, -0.2) is 29.9 Å². The fraction of sp³-hybridized carbons (Fsp3) is 0.0303. The summed E-state index contributed by atoms with van der Waals surface area (Å²) in [6, 6.07) is 15.7. The van der Waals surface area contributed by atoms with E-state index in [-0.39, 0.29) is 0 Å². The van der Waals surface area contributed by atoms with Gasteiger partial charge in [-0.2, -0.15) is 0 Å². The summed E-state index contributed by atoms with van der Waals surface area (Å²) in [7, 11) is 0. The third-order valence-electron chi connectivity index (χ3n) is 7.14. The summed E-state index contributed by atoms with van der Waals surface area (Å²) in [4.78, 5) is 36.1. The number of nitrogens with one attached hydrogen (secondary N) is 2. The first kappa shape index (κ1) is 24.1. The SMILES string of the molecule is C#CCc1c(C=C)c2nc3nc(nc4nc(nc5[nH]c(nc1[nH]2)c(C=C)c5C=C)-c1ccccc1-4)-c1ccccc1-3. The van der Waals surface area contributed by atoms with Gasteiger partial charge in [0.2, 0.25) is 0 Å². The van der Waals surface area contributed by atoms with Gasteiger partial charge in [0, 0.05) is 50.9 Å². The van der Waals surface area contributed by atoms with Crippen molar-refractivity contribution < 1.29 is 0 Å². The molecule has 3 aromatic heterocycles. The summed E-state index contributed by atoms with van der Waals surface area (Å²) in [5, 5.41) is 0. The number of fused-ring (bicyclic) bond motifs is 14. The summed E-state index contributed by atoms with van der Waals surface area (Å²) < 4.78 is 0. The normalized spacial score (nSPS) is 11.3. The van der Waals surface area contributed by atoms with Crippen molar-refractivity contribution in [2.45, 2.75) is 6.42 Å². The predicted molar refractivity (Wildman–Crippen MR) is 164 cm³/mol. The Kier molecular flexibility index (Phi) is 5.51. The Hall–Kier alpha value is -5.94. The van der Waals surface area contributed by atoms with Crippen LogP contribution in [0.5, 0.6) is 0 Å². The Morgan fingerprint density at radius 1 is 0.561 bits per heavy atom. The molecule has 0 saturated carbocycles. The zero-order valence-corrected chi connectivity index (χ0v) is 21.9. The first-order valence-corrected chi connectivity index (χ1v) is 12.9. The first-order chi connectivity index (χ1) is 20.1. The number of aromatic nitrogens is 8. The highest BCUT2D eigenvalue weighted by Gasteiger charge is 2.23. The number of hydrogen-bond acceptors (Lipinski definition) is 6. The minimum absolute atomic E-state index is 0.323. The van der Waals surface area contributed by atoms with Crippen molar-refractivity contribution in [1.82, 2.24) is 39.9 Å². The quantitative estimate of drug-likeness (QED) is 0.246. The second kappa shape index (κ2) is 9.36. The molecule has 0 aliphatic carbocycles. The first-order valence-electron chi connectivity index (χ1n) is 12.9. The molecule has 5 aromatic rings. The van der Waals surface area contributed by atoms with Crippen molar-refractivity contribution in [2.75, 3.05) is 0 Å². The monoisotopic (exact) mass is 530 g/mol. The van der Waals surface area contributed by atoms with Crippen LogP contribution in [0.1, 0.15) is 22.3 Å². The Balaban J connectivity index is 1.71. The molecule has 0 spiro atoms. The highest BCUT2D eigenvalue weighted by Crippen LogP contribution is 2.37. The number of rotatable bonds is 4. The van der Waals surface area contributed by atoms with Crippen LogP contribution in [0.3, 0.4) is 0 Å². The fourth-order valence-corrected chi connectivity index (χ4v) is 5.25. The third-order valence-corrected chi connectivity index (χ3v) is 7.14. The number of H-pyrrole nitrogens is 2. The lowest BCUT2D eigenvalue weighted by molar-refractivity contribution is 1.16. The second-order valence-corrected chi connectivity index (χ2v) is 9.41. The van der Waals surface area contributed by atoms with Gasteiger partial charge in [0.15, 0.2) is 23.3 Å². The molecular formula is C33H22N8. The molecule has 0 amide bonds. The van der Waals surface area contributed by atoms with E-state index >= 15 is 0 Å². The van der Waals surface area contributed by atoms with E-state index in [4.69, 9.17) is 36.3 Å². The summed E-state index contributed by atoms with van der Waals surface area (Å²) in [5.41, 5.74) is 8.68. The van der Waals surface area contributed by atoms with Crippen molar-refractivity contribution in [3.63, 3.8) is 0 Å². The van der Waals surface area contributed by atoms with Crippen molar-refractivity contribution in [3.05, 3.63) is 90.5 Å². The molecule has 8 bridgehead atoms. The maximum absolute atomic E-state index is 5.77. The van der Waals surface area contributed by atoms with Gasteiger partial charge in [0.25, 0.3) is 0 Å². The van der Waals surface area contributed by atoms with E-state index < -0.39 is 0 Å². The van der Waals surface area contributed by atoms with Crippen LogP contribution in [0.4, 0.5) is 0 Å². The molecule has 8 nitrogen and oxygen atoms in total. The topological polar surface area (TPSA) is 109 Å². The summed E-state index contributed by atoms with van der Waals surface area (Å²) in [6.07, 6.45) is 11.3. The number of hydrogen-bond donors (Lipinski definition) is 2. The lowest BCUT2D eigenvalue weighted by Crippen LogP contribution is -1.86. The van der Waals surface area contributed by atoms with E-state index in [1.165, 1.54) is 0 Å². The van der Waals surface area contributed by atoms with Gasteiger partial charge in [-0.05, 0) is 0 Å². The highest BCUT2D eigenvalue weighted by atomic mass is 15.1. The van der Waals surface area contributed by atoms with Crippen molar-refractivity contribution in [3.8, 4) is 57.9 Å². The van der Waals surface area contributed by atoms with Crippen LogP contribution in [0.15, 0.2) is 68.3 Å². The molecule has 41 heavy (non-hydrogen) atoms. The molecule has 0 atom stereocenters. The van der Waals surface area contributed by atoms with Crippen LogP contribution in [0.25, 0.3) is 86.4 Å². The molecule has 0 radical (unpaired) electrons. The largest absolute Gasteiger partial charge is 0.324 e. The van der Waals surface area contributed by atoms with Gasteiger partial charge in [-0.15, -0.1) is 12.3 Å². The highest BCUT2D eigenvalue weighted by molar-refractivity contribution is 5.89. The summed E-state index contributed by atoms with van der Waals surface area (Å²) >= 11 is 0. The number of aromatic amines is 2. The molecule has 2 N–H and O–H groups in total. The van der Waals surface area contributed by atoms with Gasteiger partial charge < -0.3 is 9.97 Å². The minimum atomic E-state index is 0.323. The third kappa shape index (κ3) is 3.72. The molecule has 2 aliphatic rings. The van der Waals surface area contributed by atoms with E-state index in [1.54, 1.807) is 18.2 Å². The maximum Gasteiger partial charge on any atom is 0.164 e. The van der Waals surface area contributed by atoms with Gasteiger partial charge >= 0.3 is 0 Å². The minimum Gasteiger partial charge on any atom is -0.324 e. The van der Waals surface area contributed by atoms with Crippen LogP contribution < -0.4 is 0 Å². The molecule has 0 unspecified atom stereocenters. The van der Waals surface area contributed by atoms with E-state index in [1.807, 2.05) is 48.5 Å². The molecule has 8 heteroatoms. The van der Waals surface area contributed by atoms with Crippen LogP contribution in [0, 0.1) is 12.3 Å². The maximum atomic E-state index is 5.77. The van der Waals surface area contributed by atoms with E-state index in [2.05, 4.69) is 35.6 Å². The number of benzene rings is 2. The molecule has 2 aliphatic heterocycles. The van der Waals surface area contributed by atoms with Crippen molar-refractivity contribution in [1.29, 1.82) is 0 Å². The van der Waals surface area contributed by atoms with Crippen molar-refractivity contribution in [2.24, 2.45) is 0 Å². The lowest BCUT2D eigenvalue weighted by Gasteiger charge is -1.98. The van der Waals surface area contributed by atoms with Gasteiger partial charge in [-0.3, -0.25) is 0 Å².